The Morgan fingerprint density at radius 2 is 1.65 bits per heavy atom. The molecule has 0 bridgehead atoms. The molecule has 0 N–H and O–H groups in total. The summed E-state index contributed by atoms with van der Waals surface area (Å²) >= 11 is 12.2. The Labute approximate surface area is 218 Å². The lowest BCUT2D eigenvalue weighted by Crippen LogP contribution is -2.28. The van der Waals surface area contributed by atoms with Gasteiger partial charge in [0.1, 0.15) is 18.1 Å². The molecule has 1 aliphatic rings. The lowest BCUT2D eigenvalue weighted by Gasteiger charge is -2.17. The Morgan fingerprint density at radius 3 is 2.05 bits per heavy atom. The molecule has 1 aromatic heterocycles. The summed E-state index contributed by atoms with van der Waals surface area (Å²) in [5, 5.41) is 12.4. The van der Waals surface area contributed by atoms with Crippen LogP contribution in [0.2, 0.25) is 10.0 Å². The van der Waals surface area contributed by atoms with Gasteiger partial charge in [0.05, 0.1) is 27.5 Å². The van der Waals surface area contributed by atoms with Crippen molar-refractivity contribution in [2.24, 2.45) is 9.39 Å². The van der Waals surface area contributed by atoms with Crippen molar-refractivity contribution in [3.8, 4) is 11.8 Å². The van der Waals surface area contributed by atoms with Crippen LogP contribution in [0, 0.1) is 11.3 Å². The van der Waals surface area contributed by atoms with Crippen LogP contribution >= 0.6 is 23.2 Å². The van der Waals surface area contributed by atoms with Gasteiger partial charge in [-0.15, -0.1) is 0 Å². The molecule has 1 aromatic carbocycles. The maximum Gasteiger partial charge on any atom is 0.416 e. The van der Waals surface area contributed by atoms with Crippen LogP contribution in [0.15, 0.2) is 21.5 Å². The van der Waals surface area contributed by atoms with Gasteiger partial charge in [-0.2, -0.15) is 27.9 Å². The minimum atomic E-state index is -5.04. The van der Waals surface area contributed by atoms with Gasteiger partial charge in [0.15, 0.2) is 16.3 Å². The SMILES string of the molecule is CN(C)C=Nc1c(C2(S(=O)(=O)N=CN(C)C)CC2(F)F)c(C#N)nn1-c1c(Cl)cc(C(F)(F)F)cc1Cl. The number of rotatable bonds is 7. The van der Waals surface area contributed by atoms with E-state index in [4.69, 9.17) is 23.2 Å². The number of sulfonamides is 1. The standard InChI is InChI=1S/C20H18Cl2F5N7O2S/c1-32(2)9-29-17-15(18(8-19(18,23)24)37(35,36)30-10-33(3)4)14(7-28)31-34(17)16-12(21)5-11(6-13(16)22)20(25,26)27/h5-6,9-10H,8H2,1-4H3. The first-order chi connectivity index (χ1) is 16.9. The molecule has 1 heterocycles. The van der Waals surface area contributed by atoms with Crippen LogP contribution in [0.25, 0.3) is 5.69 Å². The summed E-state index contributed by atoms with van der Waals surface area (Å²) in [5.41, 5.74) is -3.21. The van der Waals surface area contributed by atoms with Crippen molar-refractivity contribution in [2.75, 3.05) is 28.2 Å². The first-order valence-electron chi connectivity index (χ1n) is 10.0. The Morgan fingerprint density at radius 1 is 1.14 bits per heavy atom. The minimum absolute atomic E-state index is 0.432. The largest absolute Gasteiger partial charge is 0.416 e. The second-order valence-corrected chi connectivity index (χ2v) is 11.1. The van der Waals surface area contributed by atoms with Crippen molar-refractivity contribution in [1.82, 2.24) is 19.6 Å². The van der Waals surface area contributed by atoms with Gasteiger partial charge in [0, 0.05) is 34.6 Å². The summed E-state index contributed by atoms with van der Waals surface area (Å²) in [6.07, 6.45) is -4.17. The number of alkyl halides is 5. The number of halogens is 7. The van der Waals surface area contributed by atoms with Crippen LogP contribution in [-0.2, 0) is 20.9 Å². The average molecular weight is 586 g/mol. The molecule has 1 saturated carbocycles. The highest BCUT2D eigenvalue weighted by atomic mass is 35.5. The summed E-state index contributed by atoms with van der Waals surface area (Å²) in [6, 6.07) is 2.61. The smallest absolute Gasteiger partial charge is 0.369 e. The first-order valence-corrected chi connectivity index (χ1v) is 12.2. The van der Waals surface area contributed by atoms with Crippen molar-refractivity contribution in [1.29, 1.82) is 5.26 Å². The molecule has 1 aliphatic carbocycles. The van der Waals surface area contributed by atoms with E-state index in [9.17, 15) is 35.6 Å². The highest BCUT2D eigenvalue weighted by molar-refractivity contribution is 7.91. The van der Waals surface area contributed by atoms with Gasteiger partial charge in [-0.05, 0) is 12.1 Å². The lowest BCUT2D eigenvalue weighted by atomic mass is 10.1. The zero-order valence-corrected chi connectivity index (χ0v) is 21.8. The third-order valence-electron chi connectivity index (χ3n) is 5.13. The zero-order valence-electron chi connectivity index (χ0n) is 19.5. The lowest BCUT2D eigenvalue weighted by molar-refractivity contribution is -0.137. The molecule has 0 aliphatic heterocycles. The third kappa shape index (κ3) is 4.97. The van der Waals surface area contributed by atoms with Crippen LogP contribution in [0.3, 0.4) is 0 Å². The van der Waals surface area contributed by atoms with E-state index >= 15 is 0 Å². The van der Waals surface area contributed by atoms with Crippen molar-refractivity contribution in [3.05, 3.63) is 39.0 Å². The maximum atomic E-state index is 15.0. The Hall–Kier alpha value is -2.96. The molecule has 0 saturated heterocycles. The topological polar surface area (TPSA) is 107 Å². The number of hydrogen-bond donors (Lipinski definition) is 0. The van der Waals surface area contributed by atoms with E-state index in [2.05, 4.69) is 14.5 Å². The van der Waals surface area contributed by atoms with Gasteiger partial charge in [-0.1, -0.05) is 23.2 Å². The number of nitrogens with zero attached hydrogens (tertiary/aromatic N) is 7. The molecule has 3 rings (SSSR count). The summed E-state index contributed by atoms with van der Waals surface area (Å²) in [4.78, 5) is 6.60. The molecular formula is C20H18Cl2F5N7O2S. The quantitative estimate of drug-likeness (QED) is 0.270. The molecular weight excluding hydrogens is 568 g/mol. The minimum Gasteiger partial charge on any atom is -0.369 e. The van der Waals surface area contributed by atoms with Crippen molar-refractivity contribution in [2.45, 2.75) is 23.3 Å². The third-order valence-corrected chi connectivity index (χ3v) is 7.61. The summed E-state index contributed by atoms with van der Waals surface area (Å²) < 4.78 is 96.8. The number of benzene rings is 1. The van der Waals surface area contributed by atoms with Crippen molar-refractivity contribution < 1.29 is 30.4 Å². The van der Waals surface area contributed by atoms with E-state index in [0.29, 0.717) is 16.8 Å². The number of hydrogen-bond acceptors (Lipinski definition) is 5. The van der Waals surface area contributed by atoms with E-state index in [0.717, 1.165) is 12.7 Å². The monoisotopic (exact) mass is 585 g/mol. The van der Waals surface area contributed by atoms with Crippen LogP contribution in [0.1, 0.15) is 23.2 Å². The molecule has 0 spiro atoms. The summed E-state index contributed by atoms with van der Waals surface area (Å²) in [7, 11) is 0.798. The molecule has 1 fully saturated rings. The zero-order chi connectivity index (χ0) is 28.1. The summed E-state index contributed by atoms with van der Waals surface area (Å²) in [6.45, 7) is 0. The first kappa shape index (κ1) is 28.6. The van der Waals surface area contributed by atoms with Crippen LogP contribution < -0.4 is 0 Å². The predicted octanol–water partition coefficient (Wildman–Crippen LogP) is 4.44. The fourth-order valence-corrected chi connectivity index (χ4v) is 5.76. The molecule has 9 nitrogen and oxygen atoms in total. The number of aliphatic imine (C=N–C) groups is 1. The Balaban J connectivity index is 2.44. The second-order valence-electron chi connectivity index (χ2n) is 8.43. The van der Waals surface area contributed by atoms with Gasteiger partial charge in [0.25, 0.3) is 15.9 Å². The van der Waals surface area contributed by atoms with E-state index in [1.54, 1.807) is 6.07 Å². The van der Waals surface area contributed by atoms with Gasteiger partial charge < -0.3 is 9.80 Å². The van der Waals surface area contributed by atoms with E-state index in [-0.39, 0.29) is 0 Å². The van der Waals surface area contributed by atoms with E-state index in [1.807, 2.05) is 0 Å². The maximum absolute atomic E-state index is 15.0. The highest BCUT2D eigenvalue weighted by Gasteiger charge is 2.82. The average Bonchev–Trinajstić information content (AvgIpc) is 3.17. The Bertz CT molecular complexity index is 1420. The molecule has 2 aromatic rings. The van der Waals surface area contributed by atoms with Crippen LogP contribution in [-0.4, -0.2) is 74.8 Å². The van der Waals surface area contributed by atoms with Gasteiger partial charge in [-0.3, -0.25) is 0 Å². The van der Waals surface area contributed by atoms with Crippen molar-refractivity contribution in [3.63, 3.8) is 0 Å². The molecule has 1 unspecified atom stereocenters. The predicted molar refractivity (Wildman–Crippen MR) is 127 cm³/mol. The molecule has 200 valence electrons. The fourth-order valence-electron chi connectivity index (χ4n) is 3.43. The molecule has 0 radical (unpaired) electrons. The highest BCUT2D eigenvalue weighted by Crippen LogP contribution is 2.67. The number of nitriles is 1. The van der Waals surface area contributed by atoms with Gasteiger partial charge in [0.2, 0.25) is 0 Å². The van der Waals surface area contributed by atoms with Crippen LogP contribution in [0.4, 0.5) is 27.8 Å². The van der Waals surface area contributed by atoms with E-state index < -0.39 is 71.7 Å². The normalized spacial score (nSPS) is 19.4. The summed E-state index contributed by atoms with van der Waals surface area (Å²) in [5.74, 6) is -4.49. The molecule has 0 amide bonds. The van der Waals surface area contributed by atoms with Crippen LogP contribution in [0.5, 0.6) is 0 Å². The van der Waals surface area contributed by atoms with Gasteiger partial charge >= 0.3 is 6.18 Å². The van der Waals surface area contributed by atoms with E-state index in [1.165, 1.54) is 38.0 Å². The molecule has 37 heavy (non-hydrogen) atoms. The van der Waals surface area contributed by atoms with Gasteiger partial charge in [-0.25, -0.2) is 26.9 Å². The number of aromatic nitrogens is 2. The fraction of sp³-hybridized carbons (Fsp3) is 0.400. The second kappa shape index (κ2) is 9.41. The molecule has 17 heteroatoms. The van der Waals surface area contributed by atoms with Crippen molar-refractivity contribution >= 4 is 51.7 Å². The Kier molecular flexibility index (Phi) is 7.28. The molecule has 1 atom stereocenters.